The lowest BCUT2D eigenvalue weighted by atomic mass is 10.1. The fourth-order valence-corrected chi connectivity index (χ4v) is 2.57. The molecule has 0 fully saturated rings. The van der Waals surface area contributed by atoms with E-state index < -0.39 is 5.97 Å². The monoisotopic (exact) mass is 305 g/mol. The van der Waals surface area contributed by atoms with Crippen molar-refractivity contribution in [3.63, 3.8) is 0 Å². The first-order valence-electron chi connectivity index (χ1n) is 6.43. The number of aromatic nitrogens is 2. The Bertz CT molecular complexity index is 627. The van der Waals surface area contributed by atoms with Gasteiger partial charge in [-0.1, -0.05) is 0 Å². The van der Waals surface area contributed by atoms with Crippen molar-refractivity contribution in [1.29, 1.82) is 0 Å². The molecular weight excluding hydrogens is 290 g/mol. The van der Waals surface area contributed by atoms with Gasteiger partial charge >= 0.3 is 5.97 Å². The quantitative estimate of drug-likeness (QED) is 0.852. The van der Waals surface area contributed by atoms with Crippen LogP contribution in [-0.4, -0.2) is 27.0 Å². The van der Waals surface area contributed by atoms with Gasteiger partial charge in [0.05, 0.1) is 6.04 Å². The highest BCUT2D eigenvalue weighted by Crippen LogP contribution is 2.18. The lowest BCUT2D eigenvalue weighted by Crippen LogP contribution is -2.26. The van der Waals surface area contributed by atoms with E-state index in [0.29, 0.717) is 17.8 Å². The van der Waals surface area contributed by atoms with Crippen LogP contribution in [0.4, 0.5) is 0 Å². The highest BCUT2D eigenvalue weighted by Gasteiger charge is 2.15. The zero-order valence-electron chi connectivity index (χ0n) is 11.4. The summed E-state index contributed by atoms with van der Waals surface area (Å²) in [5.41, 5.74) is 1.06. The van der Waals surface area contributed by atoms with Crippen molar-refractivity contribution in [2.45, 2.75) is 25.8 Å². The number of nitrogens with one attached hydrogen (secondary N) is 1. The van der Waals surface area contributed by atoms with E-state index in [2.05, 4.69) is 15.3 Å². The molecule has 6 nitrogen and oxygen atoms in total. The summed E-state index contributed by atoms with van der Waals surface area (Å²) in [6, 6.07) is 3.45. The van der Waals surface area contributed by atoms with Gasteiger partial charge in [0.25, 0.3) is 0 Å². The molecule has 2 heterocycles. The lowest BCUT2D eigenvalue weighted by Gasteiger charge is -2.11. The van der Waals surface area contributed by atoms with Gasteiger partial charge in [-0.15, -0.1) is 11.3 Å². The summed E-state index contributed by atoms with van der Waals surface area (Å²) in [4.78, 5) is 30.5. The SMILES string of the molecule is CC(NC(=O)CCc1ccncc1)c1nc(C(=O)O)cs1. The number of hydrogen-bond acceptors (Lipinski definition) is 5. The maximum Gasteiger partial charge on any atom is 0.355 e. The van der Waals surface area contributed by atoms with E-state index in [1.165, 1.54) is 16.7 Å². The van der Waals surface area contributed by atoms with E-state index in [1.54, 1.807) is 19.3 Å². The van der Waals surface area contributed by atoms with Gasteiger partial charge in [0.1, 0.15) is 5.01 Å². The van der Waals surface area contributed by atoms with Crippen LogP contribution < -0.4 is 5.32 Å². The molecule has 1 atom stereocenters. The number of carboxylic acids is 1. The maximum absolute atomic E-state index is 11.9. The van der Waals surface area contributed by atoms with Gasteiger partial charge in [-0.25, -0.2) is 9.78 Å². The number of pyridine rings is 1. The number of nitrogens with zero attached hydrogens (tertiary/aromatic N) is 2. The molecule has 0 spiro atoms. The number of thiazole rings is 1. The van der Waals surface area contributed by atoms with Crippen molar-refractivity contribution in [2.75, 3.05) is 0 Å². The fourth-order valence-electron chi connectivity index (χ4n) is 1.77. The van der Waals surface area contributed by atoms with Crippen LogP contribution >= 0.6 is 11.3 Å². The van der Waals surface area contributed by atoms with Crippen LogP contribution in [0.2, 0.25) is 0 Å². The molecule has 0 saturated heterocycles. The van der Waals surface area contributed by atoms with Crippen LogP contribution in [0.3, 0.4) is 0 Å². The molecule has 1 unspecified atom stereocenters. The molecular formula is C14H15N3O3S. The number of aromatic carboxylic acids is 1. The first-order chi connectivity index (χ1) is 10.1. The molecule has 2 aromatic rings. The van der Waals surface area contributed by atoms with Gasteiger partial charge in [-0.3, -0.25) is 9.78 Å². The molecule has 110 valence electrons. The van der Waals surface area contributed by atoms with E-state index >= 15 is 0 Å². The molecule has 0 aromatic carbocycles. The molecule has 2 N–H and O–H groups in total. The van der Waals surface area contributed by atoms with Crippen molar-refractivity contribution in [1.82, 2.24) is 15.3 Å². The van der Waals surface area contributed by atoms with Crippen LogP contribution in [0.5, 0.6) is 0 Å². The van der Waals surface area contributed by atoms with E-state index in [4.69, 9.17) is 5.11 Å². The van der Waals surface area contributed by atoms with Crippen molar-refractivity contribution in [3.05, 3.63) is 46.2 Å². The van der Waals surface area contributed by atoms with Crippen molar-refractivity contribution in [3.8, 4) is 0 Å². The average Bonchev–Trinajstić information content (AvgIpc) is 2.96. The van der Waals surface area contributed by atoms with Gasteiger partial charge in [-0.05, 0) is 31.0 Å². The van der Waals surface area contributed by atoms with Gasteiger partial charge < -0.3 is 10.4 Å². The third-order valence-electron chi connectivity index (χ3n) is 2.88. The first-order valence-corrected chi connectivity index (χ1v) is 7.31. The number of aryl methyl sites for hydroxylation is 1. The summed E-state index contributed by atoms with van der Waals surface area (Å²) in [5.74, 6) is -1.15. The van der Waals surface area contributed by atoms with Crippen LogP contribution in [0.1, 0.15) is 40.4 Å². The summed E-state index contributed by atoms with van der Waals surface area (Å²) in [6.07, 6.45) is 4.39. The van der Waals surface area contributed by atoms with Crippen molar-refractivity contribution >= 4 is 23.2 Å². The van der Waals surface area contributed by atoms with Gasteiger partial charge in [0, 0.05) is 24.2 Å². The molecule has 0 bridgehead atoms. The summed E-state index contributed by atoms with van der Waals surface area (Å²) < 4.78 is 0. The second-order valence-corrected chi connectivity index (χ2v) is 5.41. The Morgan fingerprint density at radius 3 is 2.71 bits per heavy atom. The Morgan fingerprint density at radius 2 is 2.10 bits per heavy atom. The van der Waals surface area contributed by atoms with Gasteiger partial charge in [0.15, 0.2) is 5.69 Å². The van der Waals surface area contributed by atoms with Crippen LogP contribution in [0.15, 0.2) is 29.9 Å². The summed E-state index contributed by atoms with van der Waals surface area (Å²) in [6.45, 7) is 1.79. The third-order valence-corrected chi connectivity index (χ3v) is 3.91. The number of carboxylic acid groups (broad SMARTS) is 1. The maximum atomic E-state index is 11.9. The number of amides is 1. The normalized spacial score (nSPS) is 11.9. The Labute approximate surface area is 125 Å². The summed E-state index contributed by atoms with van der Waals surface area (Å²) >= 11 is 1.23. The van der Waals surface area contributed by atoms with E-state index in [-0.39, 0.29) is 17.6 Å². The number of hydrogen-bond donors (Lipinski definition) is 2. The third kappa shape index (κ3) is 4.35. The predicted molar refractivity (Wildman–Crippen MR) is 78.2 cm³/mol. The zero-order chi connectivity index (χ0) is 15.2. The second kappa shape index (κ2) is 6.94. The minimum atomic E-state index is -1.06. The Kier molecular flexibility index (Phi) is 4.99. The summed E-state index contributed by atoms with van der Waals surface area (Å²) in [7, 11) is 0. The Balaban J connectivity index is 1.85. The number of carbonyl (C=O) groups is 2. The van der Waals surface area contributed by atoms with Gasteiger partial charge in [-0.2, -0.15) is 0 Å². The molecule has 0 radical (unpaired) electrons. The average molecular weight is 305 g/mol. The fraction of sp³-hybridized carbons (Fsp3) is 0.286. The number of rotatable bonds is 6. The highest BCUT2D eigenvalue weighted by atomic mass is 32.1. The minimum absolute atomic E-state index is 0.00730. The van der Waals surface area contributed by atoms with Crippen LogP contribution in [0.25, 0.3) is 0 Å². The zero-order valence-corrected chi connectivity index (χ0v) is 12.3. The Morgan fingerprint density at radius 1 is 1.38 bits per heavy atom. The van der Waals surface area contributed by atoms with Crippen molar-refractivity contribution in [2.24, 2.45) is 0 Å². The molecule has 0 aliphatic rings. The smallest absolute Gasteiger partial charge is 0.355 e. The van der Waals surface area contributed by atoms with E-state index in [9.17, 15) is 9.59 Å². The number of carbonyl (C=O) groups excluding carboxylic acids is 1. The van der Waals surface area contributed by atoms with Crippen LogP contribution in [0, 0.1) is 0 Å². The van der Waals surface area contributed by atoms with Crippen LogP contribution in [-0.2, 0) is 11.2 Å². The molecule has 0 aliphatic heterocycles. The summed E-state index contributed by atoms with van der Waals surface area (Å²) in [5, 5.41) is 13.7. The molecule has 0 saturated carbocycles. The molecule has 0 aliphatic carbocycles. The topological polar surface area (TPSA) is 92.2 Å². The van der Waals surface area contributed by atoms with E-state index in [1.807, 2.05) is 12.1 Å². The molecule has 2 aromatic heterocycles. The predicted octanol–water partition coefficient (Wildman–Crippen LogP) is 2.05. The largest absolute Gasteiger partial charge is 0.476 e. The first kappa shape index (κ1) is 15.1. The lowest BCUT2D eigenvalue weighted by molar-refractivity contribution is -0.121. The standard InChI is InChI=1S/C14H15N3O3S/c1-9(13-17-11(8-21-13)14(19)20)16-12(18)3-2-10-4-6-15-7-5-10/h4-9H,2-3H2,1H3,(H,16,18)(H,19,20). The second-order valence-electron chi connectivity index (χ2n) is 4.52. The molecule has 21 heavy (non-hydrogen) atoms. The Hall–Kier alpha value is -2.28. The van der Waals surface area contributed by atoms with Gasteiger partial charge in [0.2, 0.25) is 5.91 Å². The molecule has 2 rings (SSSR count). The van der Waals surface area contributed by atoms with E-state index in [0.717, 1.165) is 5.56 Å². The minimum Gasteiger partial charge on any atom is -0.476 e. The molecule has 7 heteroatoms. The highest BCUT2D eigenvalue weighted by molar-refractivity contribution is 7.09. The molecule has 1 amide bonds. The van der Waals surface area contributed by atoms with Crippen molar-refractivity contribution < 1.29 is 14.7 Å².